The summed E-state index contributed by atoms with van der Waals surface area (Å²) in [6, 6.07) is 6.71. The number of guanidine groups is 1. The molecule has 1 N–H and O–H groups in total. The molecule has 1 heterocycles. The van der Waals surface area contributed by atoms with E-state index in [2.05, 4.69) is 15.2 Å². The molecule has 0 fully saturated rings. The maximum Gasteiger partial charge on any atom is 0.193 e. The molecular weight excluding hydrogens is 205 g/mol. The minimum atomic E-state index is -0.173. The first kappa shape index (κ1) is 10.9. The van der Waals surface area contributed by atoms with Crippen molar-refractivity contribution in [3.63, 3.8) is 0 Å². The molecule has 0 atom stereocenters. The quantitative estimate of drug-likeness (QED) is 0.832. The summed E-state index contributed by atoms with van der Waals surface area (Å²) in [6.07, 6.45) is 0.810. The van der Waals surface area contributed by atoms with Crippen molar-refractivity contribution in [3.8, 4) is 0 Å². The standard InChI is InChI=1S/C12H16FN3/c1-16-8-7-15-12(16)14-6-5-10-3-2-4-11(13)9-10/h2-4,9H,5-8H2,1H3,(H,14,15). The Morgan fingerprint density at radius 1 is 1.50 bits per heavy atom. The van der Waals surface area contributed by atoms with Crippen LogP contribution in [0.5, 0.6) is 0 Å². The molecule has 0 saturated carbocycles. The van der Waals surface area contributed by atoms with E-state index < -0.39 is 0 Å². The van der Waals surface area contributed by atoms with Crippen LogP contribution in [-0.4, -0.2) is 37.5 Å². The van der Waals surface area contributed by atoms with Crippen LogP contribution in [0.3, 0.4) is 0 Å². The second-order valence-corrected chi connectivity index (χ2v) is 3.93. The van der Waals surface area contributed by atoms with Gasteiger partial charge in [-0.25, -0.2) is 4.39 Å². The summed E-state index contributed by atoms with van der Waals surface area (Å²) in [4.78, 5) is 6.41. The van der Waals surface area contributed by atoms with Crippen LogP contribution in [0.15, 0.2) is 29.3 Å². The Morgan fingerprint density at radius 2 is 2.38 bits per heavy atom. The van der Waals surface area contributed by atoms with Crippen molar-refractivity contribution in [2.24, 2.45) is 4.99 Å². The fraction of sp³-hybridized carbons (Fsp3) is 0.417. The molecular formula is C12H16FN3. The van der Waals surface area contributed by atoms with Gasteiger partial charge in [0.1, 0.15) is 5.82 Å². The Hall–Kier alpha value is -1.58. The highest BCUT2D eigenvalue weighted by Crippen LogP contribution is 2.03. The monoisotopic (exact) mass is 221 g/mol. The summed E-state index contributed by atoms with van der Waals surface area (Å²) in [7, 11) is 2.01. The van der Waals surface area contributed by atoms with Gasteiger partial charge in [-0.15, -0.1) is 0 Å². The fourth-order valence-electron chi connectivity index (χ4n) is 1.73. The van der Waals surface area contributed by atoms with E-state index in [9.17, 15) is 4.39 Å². The zero-order chi connectivity index (χ0) is 11.4. The number of aliphatic imine (C=N–C) groups is 1. The lowest BCUT2D eigenvalue weighted by Crippen LogP contribution is -2.36. The number of nitrogens with zero attached hydrogens (tertiary/aromatic N) is 2. The van der Waals surface area contributed by atoms with Crippen molar-refractivity contribution in [2.75, 3.05) is 26.7 Å². The number of rotatable bonds is 3. The van der Waals surface area contributed by atoms with Gasteiger partial charge in [-0.3, -0.25) is 4.99 Å². The van der Waals surface area contributed by atoms with Crippen molar-refractivity contribution < 1.29 is 4.39 Å². The summed E-state index contributed by atoms with van der Waals surface area (Å²) in [5.74, 6) is 0.768. The molecule has 16 heavy (non-hydrogen) atoms. The molecule has 0 amide bonds. The van der Waals surface area contributed by atoms with E-state index in [1.165, 1.54) is 6.07 Å². The molecule has 1 aromatic rings. The Labute approximate surface area is 95.0 Å². The van der Waals surface area contributed by atoms with Gasteiger partial charge >= 0.3 is 0 Å². The normalized spacial score (nSPS) is 15.1. The second kappa shape index (κ2) is 4.96. The van der Waals surface area contributed by atoms with E-state index in [1.807, 2.05) is 13.1 Å². The highest BCUT2D eigenvalue weighted by molar-refractivity contribution is 5.81. The number of hydrogen-bond donors (Lipinski definition) is 1. The lowest BCUT2D eigenvalue weighted by molar-refractivity contribution is 0.534. The zero-order valence-corrected chi connectivity index (χ0v) is 9.41. The van der Waals surface area contributed by atoms with E-state index in [4.69, 9.17) is 0 Å². The molecule has 0 unspecified atom stereocenters. The molecule has 2 rings (SSSR count). The number of nitrogens with one attached hydrogen (secondary N) is 1. The third-order valence-electron chi connectivity index (χ3n) is 2.64. The second-order valence-electron chi connectivity index (χ2n) is 3.93. The van der Waals surface area contributed by atoms with Crippen molar-refractivity contribution in [1.29, 1.82) is 0 Å². The maximum atomic E-state index is 12.9. The van der Waals surface area contributed by atoms with Gasteiger partial charge in [-0.2, -0.15) is 0 Å². The van der Waals surface area contributed by atoms with Crippen LogP contribution >= 0.6 is 0 Å². The van der Waals surface area contributed by atoms with Gasteiger partial charge in [0.2, 0.25) is 0 Å². The van der Waals surface area contributed by atoms with Crippen LogP contribution in [0.4, 0.5) is 4.39 Å². The molecule has 4 heteroatoms. The molecule has 0 aromatic heterocycles. The molecule has 1 aliphatic heterocycles. The molecule has 86 valence electrons. The summed E-state index contributed by atoms with van der Waals surface area (Å²) >= 11 is 0. The van der Waals surface area contributed by atoms with E-state index in [-0.39, 0.29) is 5.82 Å². The predicted molar refractivity (Wildman–Crippen MR) is 63.0 cm³/mol. The van der Waals surface area contributed by atoms with Crippen molar-refractivity contribution in [3.05, 3.63) is 35.6 Å². The highest BCUT2D eigenvalue weighted by Gasteiger charge is 2.10. The Bertz CT molecular complexity index is 390. The summed E-state index contributed by atoms with van der Waals surface area (Å²) < 4.78 is 12.9. The van der Waals surface area contributed by atoms with Crippen LogP contribution in [0.1, 0.15) is 5.56 Å². The Morgan fingerprint density at radius 3 is 3.06 bits per heavy atom. The van der Waals surface area contributed by atoms with E-state index in [0.717, 1.165) is 37.6 Å². The highest BCUT2D eigenvalue weighted by atomic mass is 19.1. The van der Waals surface area contributed by atoms with Crippen LogP contribution in [0, 0.1) is 5.82 Å². The third kappa shape index (κ3) is 2.72. The van der Waals surface area contributed by atoms with Crippen molar-refractivity contribution in [1.82, 2.24) is 10.2 Å². The summed E-state index contributed by atoms with van der Waals surface area (Å²) in [6.45, 7) is 2.62. The van der Waals surface area contributed by atoms with Crippen LogP contribution in [0.25, 0.3) is 0 Å². The average Bonchev–Trinajstić information content (AvgIpc) is 2.65. The van der Waals surface area contributed by atoms with Gasteiger partial charge in [0.05, 0.1) is 6.54 Å². The van der Waals surface area contributed by atoms with E-state index in [0.29, 0.717) is 0 Å². The third-order valence-corrected chi connectivity index (χ3v) is 2.64. The number of likely N-dealkylation sites (N-methyl/N-ethyl adjacent to an activating group) is 1. The summed E-state index contributed by atoms with van der Waals surface area (Å²) in [5, 5.41) is 3.25. The lowest BCUT2D eigenvalue weighted by Gasteiger charge is -2.15. The van der Waals surface area contributed by atoms with E-state index in [1.54, 1.807) is 12.1 Å². The number of hydrogen-bond acceptors (Lipinski definition) is 3. The topological polar surface area (TPSA) is 27.6 Å². The molecule has 3 nitrogen and oxygen atoms in total. The molecule has 0 spiro atoms. The number of benzene rings is 1. The Balaban J connectivity index is 1.80. The minimum absolute atomic E-state index is 0.173. The first-order valence-electron chi connectivity index (χ1n) is 5.49. The van der Waals surface area contributed by atoms with Crippen LogP contribution < -0.4 is 5.32 Å². The number of halogens is 1. The molecule has 0 aliphatic carbocycles. The molecule has 1 aromatic carbocycles. The van der Waals surface area contributed by atoms with Gasteiger partial charge in [0, 0.05) is 20.1 Å². The molecule has 1 aliphatic rings. The van der Waals surface area contributed by atoms with Gasteiger partial charge in [0.25, 0.3) is 0 Å². The molecule has 0 radical (unpaired) electrons. The minimum Gasteiger partial charge on any atom is -0.356 e. The van der Waals surface area contributed by atoms with Crippen LogP contribution in [0.2, 0.25) is 0 Å². The van der Waals surface area contributed by atoms with Gasteiger partial charge < -0.3 is 10.2 Å². The smallest absolute Gasteiger partial charge is 0.193 e. The van der Waals surface area contributed by atoms with Crippen molar-refractivity contribution >= 4 is 5.96 Å². The van der Waals surface area contributed by atoms with Gasteiger partial charge in [-0.05, 0) is 24.1 Å². The SMILES string of the molecule is CN1CCN=C1NCCc1cccc(F)c1. The van der Waals surface area contributed by atoms with Crippen molar-refractivity contribution in [2.45, 2.75) is 6.42 Å². The average molecular weight is 221 g/mol. The lowest BCUT2D eigenvalue weighted by atomic mass is 10.1. The van der Waals surface area contributed by atoms with E-state index >= 15 is 0 Å². The first-order valence-corrected chi connectivity index (χ1v) is 5.49. The molecule has 0 saturated heterocycles. The zero-order valence-electron chi connectivity index (χ0n) is 9.41. The molecule has 0 bridgehead atoms. The van der Waals surface area contributed by atoms with Crippen LogP contribution in [-0.2, 0) is 6.42 Å². The first-order chi connectivity index (χ1) is 7.75. The Kier molecular flexibility index (Phi) is 3.39. The van der Waals surface area contributed by atoms with Gasteiger partial charge in [0.15, 0.2) is 5.96 Å². The fourth-order valence-corrected chi connectivity index (χ4v) is 1.73. The van der Waals surface area contributed by atoms with Gasteiger partial charge in [-0.1, -0.05) is 12.1 Å². The maximum absolute atomic E-state index is 12.9. The largest absolute Gasteiger partial charge is 0.356 e. The predicted octanol–water partition coefficient (Wildman–Crippen LogP) is 1.26. The summed E-state index contributed by atoms with van der Waals surface area (Å²) in [5.41, 5.74) is 1.01.